The third kappa shape index (κ3) is 3.15. The molecule has 1 aromatic carbocycles. The fraction of sp³-hybridized carbons (Fsp3) is 0.500. The molecule has 3 nitrogen and oxygen atoms in total. The molecule has 4 heteroatoms. The van der Waals surface area contributed by atoms with Gasteiger partial charge in [0.15, 0.2) is 0 Å². The largest absolute Gasteiger partial charge is 0.302 e. The van der Waals surface area contributed by atoms with Crippen LogP contribution in [0.25, 0.3) is 0 Å². The third-order valence-corrected chi connectivity index (χ3v) is 3.50. The first-order valence-corrected chi connectivity index (χ1v) is 6.39. The Labute approximate surface area is 107 Å². The smallest absolute Gasteiger partial charge is 0.138 e. The average Bonchev–Trinajstić information content (AvgIpc) is 2.39. The summed E-state index contributed by atoms with van der Waals surface area (Å²) in [4.78, 5) is 15.5. The number of aldehydes is 1. The fourth-order valence-electron chi connectivity index (χ4n) is 2.39. The number of piperazine rings is 1. The van der Waals surface area contributed by atoms with Gasteiger partial charge >= 0.3 is 0 Å². The Morgan fingerprint density at radius 2 is 2.28 bits per heavy atom. The highest BCUT2D eigenvalue weighted by molar-refractivity contribution is 5.58. The number of nitrogens with zero attached hydrogens (tertiary/aromatic N) is 2. The van der Waals surface area contributed by atoms with Crippen LogP contribution < -0.4 is 0 Å². The Balaban J connectivity index is 2.02. The predicted octanol–water partition coefficient (Wildman–Crippen LogP) is 1.53. The lowest BCUT2D eigenvalue weighted by molar-refractivity contribution is -0.114. The molecule has 0 aromatic heterocycles. The van der Waals surface area contributed by atoms with Gasteiger partial charge < -0.3 is 9.69 Å². The summed E-state index contributed by atoms with van der Waals surface area (Å²) in [5.74, 6) is -0.220. The van der Waals surface area contributed by atoms with Crippen LogP contribution in [0.5, 0.6) is 0 Å². The van der Waals surface area contributed by atoms with Gasteiger partial charge in [0, 0.05) is 26.2 Å². The van der Waals surface area contributed by atoms with Crippen LogP contribution in [-0.4, -0.2) is 48.3 Å². The van der Waals surface area contributed by atoms with Gasteiger partial charge in [0.1, 0.15) is 12.1 Å². The molecule has 0 aliphatic carbocycles. The van der Waals surface area contributed by atoms with Gasteiger partial charge in [-0.05, 0) is 24.2 Å². The zero-order valence-corrected chi connectivity index (χ0v) is 10.7. The first-order chi connectivity index (χ1) is 8.72. The van der Waals surface area contributed by atoms with E-state index in [0.717, 1.165) is 38.0 Å². The molecule has 0 radical (unpaired) electrons. The van der Waals surface area contributed by atoms with Crippen molar-refractivity contribution in [3.8, 4) is 0 Å². The normalized spacial score (nSPS) is 22.0. The van der Waals surface area contributed by atoms with Gasteiger partial charge in [0.2, 0.25) is 0 Å². The highest BCUT2D eigenvalue weighted by atomic mass is 19.1. The molecule has 1 heterocycles. The summed E-state index contributed by atoms with van der Waals surface area (Å²) in [6.07, 6.45) is 1.00. The summed E-state index contributed by atoms with van der Waals surface area (Å²) in [5.41, 5.74) is 0.923. The van der Waals surface area contributed by atoms with Crippen molar-refractivity contribution < 1.29 is 9.18 Å². The Morgan fingerprint density at radius 3 is 2.94 bits per heavy atom. The lowest BCUT2D eigenvalue weighted by Gasteiger charge is -2.38. The van der Waals surface area contributed by atoms with Crippen molar-refractivity contribution in [2.24, 2.45) is 0 Å². The van der Waals surface area contributed by atoms with Crippen LogP contribution in [-0.2, 0) is 11.3 Å². The second-order valence-electron chi connectivity index (χ2n) is 4.70. The molecule has 1 saturated heterocycles. The van der Waals surface area contributed by atoms with Crippen molar-refractivity contribution in [2.75, 3.05) is 26.2 Å². The van der Waals surface area contributed by atoms with Gasteiger partial charge in [-0.1, -0.05) is 19.1 Å². The van der Waals surface area contributed by atoms with Crippen molar-refractivity contribution in [2.45, 2.75) is 19.5 Å². The van der Waals surface area contributed by atoms with E-state index in [0.29, 0.717) is 6.54 Å². The average molecular weight is 250 g/mol. The van der Waals surface area contributed by atoms with Crippen LogP contribution >= 0.6 is 0 Å². The van der Waals surface area contributed by atoms with Crippen molar-refractivity contribution in [3.63, 3.8) is 0 Å². The minimum atomic E-state index is -0.220. The lowest BCUT2D eigenvalue weighted by atomic mass is 10.1. The molecule has 0 amide bonds. The fourth-order valence-corrected chi connectivity index (χ4v) is 2.39. The third-order valence-electron chi connectivity index (χ3n) is 3.50. The molecule has 0 N–H and O–H groups in total. The SMILES string of the molecule is CCN1CCN(Cc2cccc(F)c2)C(C=O)C1. The molecule has 0 bridgehead atoms. The standard InChI is InChI=1S/C14H19FN2O/c1-2-16-6-7-17(14(10-16)11-18)9-12-4-3-5-13(15)8-12/h3-5,8,11,14H,2,6-7,9-10H2,1H3. The quantitative estimate of drug-likeness (QED) is 0.757. The number of halogens is 1. The summed E-state index contributed by atoms with van der Waals surface area (Å²) in [7, 11) is 0. The Bertz CT molecular complexity index is 411. The van der Waals surface area contributed by atoms with Crippen LogP contribution in [0.3, 0.4) is 0 Å². The predicted molar refractivity (Wildman–Crippen MR) is 68.8 cm³/mol. The number of rotatable bonds is 4. The van der Waals surface area contributed by atoms with Crippen LogP contribution in [0.4, 0.5) is 4.39 Å². The van der Waals surface area contributed by atoms with Crippen molar-refractivity contribution in [3.05, 3.63) is 35.6 Å². The number of hydrogen-bond donors (Lipinski definition) is 0. The van der Waals surface area contributed by atoms with Gasteiger partial charge in [-0.15, -0.1) is 0 Å². The molecular weight excluding hydrogens is 231 g/mol. The van der Waals surface area contributed by atoms with Gasteiger partial charge in [0.25, 0.3) is 0 Å². The van der Waals surface area contributed by atoms with Crippen LogP contribution in [0.1, 0.15) is 12.5 Å². The molecule has 1 unspecified atom stereocenters. The van der Waals surface area contributed by atoms with Crippen molar-refractivity contribution >= 4 is 6.29 Å². The maximum absolute atomic E-state index is 13.1. The molecule has 0 spiro atoms. The van der Waals surface area contributed by atoms with Crippen molar-refractivity contribution in [1.82, 2.24) is 9.80 Å². The van der Waals surface area contributed by atoms with E-state index in [-0.39, 0.29) is 11.9 Å². The summed E-state index contributed by atoms with van der Waals surface area (Å²) in [5, 5.41) is 0. The Hall–Kier alpha value is -1.26. The van der Waals surface area contributed by atoms with Gasteiger partial charge in [0.05, 0.1) is 6.04 Å². The molecule has 1 fully saturated rings. The van der Waals surface area contributed by atoms with Crippen molar-refractivity contribution in [1.29, 1.82) is 0 Å². The van der Waals surface area contributed by atoms with Gasteiger partial charge in [-0.3, -0.25) is 4.90 Å². The van der Waals surface area contributed by atoms with E-state index in [1.165, 1.54) is 12.1 Å². The molecule has 0 saturated carbocycles. The Kier molecular flexibility index (Phi) is 4.44. The first-order valence-electron chi connectivity index (χ1n) is 6.39. The highest BCUT2D eigenvalue weighted by Crippen LogP contribution is 2.13. The van der Waals surface area contributed by atoms with Gasteiger partial charge in [-0.2, -0.15) is 0 Å². The van der Waals surface area contributed by atoms with E-state index in [2.05, 4.69) is 16.7 Å². The second kappa shape index (κ2) is 6.07. The summed E-state index contributed by atoms with van der Waals surface area (Å²) < 4.78 is 13.1. The molecule has 2 rings (SSSR count). The number of benzene rings is 1. The van der Waals surface area contributed by atoms with Gasteiger partial charge in [-0.25, -0.2) is 4.39 Å². The van der Waals surface area contributed by atoms with E-state index in [1.54, 1.807) is 6.07 Å². The monoisotopic (exact) mass is 250 g/mol. The summed E-state index contributed by atoms with van der Waals surface area (Å²) >= 11 is 0. The maximum atomic E-state index is 13.1. The number of carbonyl (C=O) groups excluding carboxylic acids is 1. The summed E-state index contributed by atoms with van der Waals surface area (Å²) in [6, 6.07) is 6.51. The van der Waals surface area contributed by atoms with Crippen LogP contribution in [0.2, 0.25) is 0 Å². The zero-order chi connectivity index (χ0) is 13.0. The van der Waals surface area contributed by atoms with E-state index in [1.807, 2.05) is 6.07 Å². The van der Waals surface area contributed by atoms with E-state index in [9.17, 15) is 9.18 Å². The summed E-state index contributed by atoms with van der Waals surface area (Å²) in [6.45, 7) is 6.31. The first kappa shape index (κ1) is 13.2. The van der Waals surface area contributed by atoms with E-state index < -0.39 is 0 Å². The number of likely N-dealkylation sites (N-methyl/N-ethyl adjacent to an activating group) is 1. The topological polar surface area (TPSA) is 23.6 Å². The second-order valence-corrected chi connectivity index (χ2v) is 4.70. The minimum absolute atomic E-state index is 0.0815. The van der Waals surface area contributed by atoms with E-state index >= 15 is 0 Å². The molecule has 1 atom stereocenters. The lowest BCUT2D eigenvalue weighted by Crippen LogP contribution is -2.53. The number of carbonyl (C=O) groups is 1. The van der Waals surface area contributed by atoms with Crippen LogP contribution in [0, 0.1) is 5.82 Å². The molecule has 1 aliphatic heterocycles. The molecule has 18 heavy (non-hydrogen) atoms. The van der Waals surface area contributed by atoms with E-state index in [4.69, 9.17) is 0 Å². The number of hydrogen-bond acceptors (Lipinski definition) is 3. The maximum Gasteiger partial charge on any atom is 0.138 e. The molecule has 98 valence electrons. The molecule has 1 aromatic rings. The minimum Gasteiger partial charge on any atom is -0.302 e. The molecular formula is C14H19FN2O. The highest BCUT2D eigenvalue weighted by Gasteiger charge is 2.25. The molecule has 1 aliphatic rings. The Morgan fingerprint density at radius 1 is 1.44 bits per heavy atom. The van der Waals surface area contributed by atoms with Crippen LogP contribution in [0.15, 0.2) is 24.3 Å². The zero-order valence-electron chi connectivity index (χ0n) is 10.7.